The van der Waals surface area contributed by atoms with Crippen molar-refractivity contribution in [1.82, 2.24) is 20.0 Å². The molecule has 31 heavy (non-hydrogen) atoms. The molecule has 0 bridgehead atoms. The molecule has 4 N–H and O–H groups in total. The number of nitrogen functional groups attached to an aromatic ring is 1. The van der Waals surface area contributed by atoms with Gasteiger partial charge in [0.05, 0.1) is 30.6 Å². The van der Waals surface area contributed by atoms with Gasteiger partial charge in [-0.3, -0.25) is 0 Å². The van der Waals surface area contributed by atoms with E-state index in [-0.39, 0.29) is 6.61 Å². The van der Waals surface area contributed by atoms with E-state index in [0.29, 0.717) is 42.0 Å². The summed E-state index contributed by atoms with van der Waals surface area (Å²) in [7, 11) is 0. The zero-order valence-electron chi connectivity index (χ0n) is 17.5. The molecule has 0 unspecified atom stereocenters. The number of aromatic nitrogens is 3. The molecule has 2 aromatic heterocycles. The van der Waals surface area contributed by atoms with E-state index in [1.807, 2.05) is 13.0 Å². The lowest BCUT2D eigenvalue weighted by Crippen LogP contribution is -2.35. The van der Waals surface area contributed by atoms with Crippen LogP contribution in [0.4, 0.5) is 5.69 Å². The maximum atomic E-state index is 9.73. The van der Waals surface area contributed by atoms with Gasteiger partial charge in [0, 0.05) is 31.4 Å². The van der Waals surface area contributed by atoms with Gasteiger partial charge in [-0.15, -0.1) is 0 Å². The Labute approximate surface area is 180 Å². The summed E-state index contributed by atoms with van der Waals surface area (Å²) in [5.74, 6) is 1.23. The average Bonchev–Trinajstić information content (AvgIpc) is 3.19. The summed E-state index contributed by atoms with van der Waals surface area (Å²) in [5.41, 5.74) is 10.4. The van der Waals surface area contributed by atoms with Crippen LogP contribution in [0, 0.1) is 0 Å². The van der Waals surface area contributed by atoms with Crippen molar-refractivity contribution in [2.75, 3.05) is 38.6 Å². The number of aliphatic hydroxyl groups excluding tert-OH is 2. The molecule has 3 aromatic rings. The summed E-state index contributed by atoms with van der Waals surface area (Å²) < 4.78 is 10.8. The summed E-state index contributed by atoms with van der Waals surface area (Å²) >= 11 is 0. The van der Waals surface area contributed by atoms with Gasteiger partial charge in [0.2, 0.25) is 11.7 Å². The van der Waals surface area contributed by atoms with Crippen LogP contribution in [0.5, 0.6) is 5.88 Å². The highest BCUT2D eigenvalue weighted by atomic mass is 16.5. The van der Waals surface area contributed by atoms with E-state index in [2.05, 4.69) is 32.2 Å². The molecule has 0 saturated carbocycles. The highest BCUT2D eigenvalue weighted by Crippen LogP contribution is 2.28. The molecule has 0 aliphatic carbocycles. The molecule has 3 heterocycles. The number of aliphatic hydroxyl groups is 2. The third-order valence-corrected chi connectivity index (χ3v) is 5.37. The number of benzene rings is 1. The van der Waals surface area contributed by atoms with Crippen LogP contribution in [0.1, 0.15) is 18.1 Å². The minimum atomic E-state index is -0.708. The minimum Gasteiger partial charge on any atom is -0.477 e. The Morgan fingerprint density at radius 1 is 1.19 bits per heavy atom. The van der Waals surface area contributed by atoms with E-state index >= 15 is 0 Å². The molecule has 1 aromatic carbocycles. The topological polar surface area (TPSA) is 131 Å². The molecular weight excluding hydrogens is 398 g/mol. The Bertz CT molecular complexity index is 1040. The van der Waals surface area contributed by atoms with Gasteiger partial charge in [-0.1, -0.05) is 17.3 Å². The van der Waals surface area contributed by atoms with Crippen LogP contribution in [0.2, 0.25) is 0 Å². The van der Waals surface area contributed by atoms with Crippen molar-refractivity contribution >= 4 is 5.69 Å². The SMILES string of the molecule is CCOc1ncc(-c2nc(-c3ccc4c(c3)CCN(C[C@H](O)CO)CC4)no2)cc1N. The predicted octanol–water partition coefficient (Wildman–Crippen LogP) is 1.53. The highest BCUT2D eigenvalue weighted by molar-refractivity contribution is 5.65. The number of ether oxygens (including phenoxy) is 1. The first-order chi connectivity index (χ1) is 15.1. The predicted molar refractivity (Wildman–Crippen MR) is 115 cm³/mol. The standard InChI is InChI=1S/C22H27N5O4/c1-2-30-22-19(23)10-17(11-24-22)21-25-20(26-31-21)16-4-3-14-5-7-27(12-18(29)13-28)8-6-15(14)9-16/h3-4,9-11,18,28-29H,2,5-8,12-13,23H2,1H3/t18-/m0/s1. The molecule has 0 saturated heterocycles. The highest BCUT2D eigenvalue weighted by Gasteiger charge is 2.19. The van der Waals surface area contributed by atoms with Gasteiger partial charge >= 0.3 is 0 Å². The lowest BCUT2D eigenvalue weighted by molar-refractivity contribution is 0.0605. The normalized spacial score (nSPS) is 15.3. The van der Waals surface area contributed by atoms with Crippen molar-refractivity contribution in [1.29, 1.82) is 0 Å². The van der Waals surface area contributed by atoms with Crippen LogP contribution in [-0.4, -0.2) is 69.2 Å². The van der Waals surface area contributed by atoms with E-state index in [1.165, 1.54) is 11.1 Å². The van der Waals surface area contributed by atoms with Crippen molar-refractivity contribution in [2.24, 2.45) is 0 Å². The fraction of sp³-hybridized carbons (Fsp3) is 0.409. The first-order valence-corrected chi connectivity index (χ1v) is 10.4. The smallest absolute Gasteiger partial charge is 0.259 e. The summed E-state index contributed by atoms with van der Waals surface area (Å²) in [6, 6.07) is 7.90. The van der Waals surface area contributed by atoms with Gasteiger partial charge in [0.15, 0.2) is 0 Å². The first kappa shape index (κ1) is 21.2. The zero-order valence-corrected chi connectivity index (χ0v) is 17.5. The molecule has 0 radical (unpaired) electrons. The Kier molecular flexibility index (Phi) is 6.45. The van der Waals surface area contributed by atoms with Gasteiger partial charge in [-0.25, -0.2) is 4.98 Å². The van der Waals surface area contributed by atoms with Crippen molar-refractivity contribution in [3.8, 4) is 28.7 Å². The number of hydrogen-bond donors (Lipinski definition) is 3. The molecule has 164 valence electrons. The summed E-state index contributed by atoms with van der Waals surface area (Å²) in [4.78, 5) is 10.9. The van der Waals surface area contributed by atoms with Gasteiger partial charge in [-0.05, 0) is 43.0 Å². The Morgan fingerprint density at radius 2 is 2.00 bits per heavy atom. The number of rotatable bonds is 7. The molecule has 4 rings (SSSR count). The fourth-order valence-corrected chi connectivity index (χ4v) is 3.75. The number of pyridine rings is 1. The number of nitrogens with two attached hydrogens (primary N) is 1. The van der Waals surface area contributed by atoms with Crippen molar-refractivity contribution in [3.05, 3.63) is 41.6 Å². The molecule has 1 aliphatic rings. The van der Waals surface area contributed by atoms with Gasteiger partial charge < -0.3 is 30.1 Å². The number of hydrogen-bond acceptors (Lipinski definition) is 9. The average molecular weight is 425 g/mol. The van der Waals surface area contributed by atoms with Crippen LogP contribution in [-0.2, 0) is 12.8 Å². The fourth-order valence-electron chi connectivity index (χ4n) is 3.75. The number of β-amino-alcohol motifs (C(OH)–C–C–N with tert-alkyl or cyclic N) is 1. The van der Waals surface area contributed by atoms with Crippen LogP contribution in [0.15, 0.2) is 35.0 Å². The Balaban J connectivity index is 1.51. The van der Waals surface area contributed by atoms with E-state index in [4.69, 9.17) is 20.1 Å². The summed E-state index contributed by atoms with van der Waals surface area (Å²) in [6.07, 6.45) is 2.64. The molecule has 9 nitrogen and oxygen atoms in total. The van der Waals surface area contributed by atoms with E-state index in [9.17, 15) is 5.11 Å². The number of nitrogens with zero attached hydrogens (tertiary/aromatic N) is 4. The molecular formula is C22H27N5O4. The lowest BCUT2D eigenvalue weighted by Gasteiger charge is -2.21. The van der Waals surface area contributed by atoms with E-state index in [1.54, 1.807) is 12.3 Å². The maximum Gasteiger partial charge on any atom is 0.259 e. The minimum absolute atomic E-state index is 0.219. The molecule has 1 aliphatic heterocycles. The van der Waals surface area contributed by atoms with Crippen molar-refractivity contribution < 1.29 is 19.5 Å². The zero-order chi connectivity index (χ0) is 21.8. The lowest BCUT2D eigenvalue weighted by atomic mass is 10.00. The second kappa shape index (κ2) is 9.42. The maximum absolute atomic E-state index is 9.73. The summed E-state index contributed by atoms with van der Waals surface area (Å²) in [5, 5.41) is 23.0. The first-order valence-electron chi connectivity index (χ1n) is 10.4. The second-order valence-electron chi connectivity index (χ2n) is 7.60. The third kappa shape index (κ3) is 4.84. The van der Waals surface area contributed by atoms with Crippen molar-refractivity contribution in [3.63, 3.8) is 0 Å². The number of fused-ring (bicyclic) bond motifs is 1. The van der Waals surface area contributed by atoms with Crippen molar-refractivity contribution in [2.45, 2.75) is 25.9 Å². The molecule has 0 fully saturated rings. The second-order valence-corrected chi connectivity index (χ2v) is 7.60. The summed E-state index contributed by atoms with van der Waals surface area (Å²) in [6.45, 7) is 4.29. The van der Waals surface area contributed by atoms with E-state index in [0.717, 1.165) is 31.5 Å². The molecule has 1 atom stereocenters. The van der Waals surface area contributed by atoms with Gasteiger partial charge in [-0.2, -0.15) is 4.98 Å². The Hall–Kier alpha value is -3.01. The molecule has 9 heteroatoms. The number of anilines is 1. The van der Waals surface area contributed by atoms with E-state index < -0.39 is 6.10 Å². The monoisotopic (exact) mass is 425 g/mol. The Morgan fingerprint density at radius 3 is 2.74 bits per heavy atom. The quantitative estimate of drug-likeness (QED) is 0.516. The van der Waals surface area contributed by atoms with Crippen LogP contribution < -0.4 is 10.5 Å². The molecule has 0 spiro atoms. The van der Waals surface area contributed by atoms with Gasteiger partial charge in [0.25, 0.3) is 5.89 Å². The largest absolute Gasteiger partial charge is 0.477 e. The van der Waals surface area contributed by atoms with Crippen LogP contribution >= 0.6 is 0 Å². The van der Waals surface area contributed by atoms with Crippen LogP contribution in [0.25, 0.3) is 22.8 Å². The third-order valence-electron chi connectivity index (χ3n) is 5.37. The van der Waals surface area contributed by atoms with Crippen LogP contribution in [0.3, 0.4) is 0 Å². The van der Waals surface area contributed by atoms with Gasteiger partial charge in [0.1, 0.15) is 0 Å². The molecule has 0 amide bonds.